The zero-order chi connectivity index (χ0) is 13.0. The van der Waals surface area contributed by atoms with Crippen molar-refractivity contribution in [2.45, 2.75) is 19.3 Å². The monoisotopic (exact) mass is 266 g/mol. The largest absolute Gasteiger partial charge is 0.316 e. The minimum atomic E-state index is 0.183. The van der Waals surface area contributed by atoms with E-state index in [0.717, 1.165) is 37.2 Å². The molecule has 0 aliphatic carbocycles. The van der Waals surface area contributed by atoms with Gasteiger partial charge in [-0.15, -0.1) is 11.6 Å². The van der Waals surface area contributed by atoms with Gasteiger partial charge in [0.05, 0.1) is 6.42 Å². The first-order valence-electron chi connectivity index (χ1n) is 6.37. The third-order valence-corrected chi connectivity index (χ3v) is 3.57. The van der Waals surface area contributed by atoms with Gasteiger partial charge in [0.15, 0.2) is 0 Å². The van der Waals surface area contributed by atoms with Crippen LogP contribution in [0.1, 0.15) is 17.5 Å². The lowest BCUT2D eigenvalue weighted by molar-refractivity contribution is -0.117. The number of alkyl halides is 1. The average molecular weight is 267 g/mol. The van der Waals surface area contributed by atoms with Crippen LogP contribution in [0.2, 0.25) is 0 Å². The van der Waals surface area contributed by atoms with E-state index in [4.69, 9.17) is 11.6 Å². The van der Waals surface area contributed by atoms with E-state index < -0.39 is 0 Å². The van der Waals surface area contributed by atoms with Crippen LogP contribution >= 0.6 is 11.6 Å². The van der Waals surface area contributed by atoms with Crippen LogP contribution in [0, 0.1) is 0 Å². The van der Waals surface area contributed by atoms with Gasteiger partial charge in [-0.2, -0.15) is 0 Å². The standard InChI is InChI=1S/C14H19ClN2O/c1-17-13-4-3-11(5-8-16-7-2-6-15)9-12(13)10-14(17)18/h3-4,9,16H,2,5-8,10H2,1H3. The van der Waals surface area contributed by atoms with Gasteiger partial charge in [-0.05, 0) is 43.1 Å². The van der Waals surface area contributed by atoms with Crippen molar-refractivity contribution in [3.05, 3.63) is 29.3 Å². The van der Waals surface area contributed by atoms with E-state index in [1.165, 1.54) is 5.56 Å². The molecule has 0 saturated carbocycles. The second-order valence-electron chi connectivity index (χ2n) is 4.64. The molecule has 0 fully saturated rings. The average Bonchev–Trinajstić information content (AvgIpc) is 2.65. The number of hydrogen-bond donors (Lipinski definition) is 1. The molecule has 1 N–H and O–H groups in total. The van der Waals surface area contributed by atoms with Crippen LogP contribution in [-0.2, 0) is 17.6 Å². The Balaban J connectivity index is 1.89. The summed E-state index contributed by atoms with van der Waals surface area (Å²) in [4.78, 5) is 13.3. The van der Waals surface area contributed by atoms with Crippen LogP contribution < -0.4 is 10.2 Å². The molecule has 0 radical (unpaired) electrons. The van der Waals surface area contributed by atoms with Crippen molar-refractivity contribution in [3.63, 3.8) is 0 Å². The summed E-state index contributed by atoms with van der Waals surface area (Å²) in [5, 5.41) is 3.36. The molecule has 0 bridgehead atoms. The molecular formula is C14H19ClN2O. The summed E-state index contributed by atoms with van der Waals surface area (Å²) < 4.78 is 0. The molecule has 4 heteroatoms. The minimum Gasteiger partial charge on any atom is -0.316 e. The fraction of sp³-hybridized carbons (Fsp3) is 0.500. The van der Waals surface area contributed by atoms with Crippen LogP contribution in [0.25, 0.3) is 0 Å². The smallest absolute Gasteiger partial charge is 0.231 e. The third kappa shape index (κ3) is 3.03. The van der Waals surface area contributed by atoms with E-state index >= 15 is 0 Å². The van der Waals surface area contributed by atoms with Crippen molar-refractivity contribution in [2.24, 2.45) is 0 Å². The summed E-state index contributed by atoms with van der Waals surface area (Å²) >= 11 is 5.61. The highest BCUT2D eigenvalue weighted by atomic mass is 35.5. The molecule has 0 aromatic heterocycles. The van der Waals surface area contributed by atoms with Crippen molar-refractivity contribution in [2.75, 3.05) is 30.9 Å². The van der Waals surface area contributed by atoms with Gasteiger partial charge < -0.3 is 10.2 Å². The molecule has 0 atom stereocenters. The van der Waals surface area contributed by atoms with Gasteiger partial charge in [0, 0.05) is 18.6 Å². The maximum atomic E-state index is 11.6. The van der Waals surface area contributed by atoms with Crippen LogP contribution in [0.4, 0.5) is 5.69 Å². The number of nitrogens with zero attached hydrogens (tertiary/aromatic N) is 1. The summed E-state index contributed by atoms with van der Waals surface area (Å²) in [5.74, 6) is 0.891. The molecule has 0 spiro atoms. The summed E-state index contributed by atoms with van der Waals surface area (Å²) in [6.45, 7) is 1.93. The zero-order valence-corrected chi connectivity index (χ0v) is 11.5. The lowest BCUT2D eigenvalue weighted by Crippen LogP contribution is -2.20. The molecule has 1 aliphatic rings. The fourth-order valence-corrected chi connectivity index (χ4v) is 2.36. The maximum Gasteiger partial charge on any atom is 0.231 e. The summed E-state index contributed by atoms with van der Waals surface area (Å²) in [5.41, 5.74) is 3.50. The molecule has 0 unspecified atom stereocenters. The number of rotatable bonds is 6. The predicted molar refractivity (Wildman–Crippen MR) is 75.5 cm³/mol. The number of nitrogens with one attached hydrogen (secondary N) is 1. The predicted octanol–water partition coefficient (Wildman–Crippen LogP) is 1.97. The number of anilines is 1. The Kier molecular flexibility index (Phi) is 4.61. The van der Waals surface area contributed by atoms with Crippen LogP contribution in [0.5, 0.6) is 0 Å². The quantitative estimate of drug-likeness (QED) is 0.631. The molecule has 1 aromatic rings. The van der Waals surface area contributed by atoms with E-state index in [9.17, 15) is 4.79 Å². The number of halogens is 1. The first-order chi connectivity index (χ1) is 8.72. The summed E-state index contributed by atoms with van der Waals surface area (Å²) in [6.07, 6.45) is 2.54. The Hall–Kier alpha value is -1.06. The first kappa shape index (κ1) is 13.4. The molecule has 1 amide bonds. The minimum absolute atomic E-state index is 0.183. The van der Waals surface area contributed by atoms with Crippen LogP contribution in [-0.4, -0.2) is 31.9 Å². The summed E-state index contributed by atoms with van der Waals surface area (Å²) in [6, 6.07) is 6.31. The maximum absolute atomic E-state index is 11.6. The molecule has 0 saturated heterocycles. The molecule has 1 aliphatic heterocycles. The SMILES string of the molecule is CN1C(=O)Cc2cc(CCNCCCCl)ccc21. The number of hydrogen-bond acceptors (Lipinski definition) is 2. The topological polar surface area (TPSA) is 32.3 Å². The van der Waals surface area contributed by atoms with E-state index in [1.54, 1.807) is 4.90 Å². The molecule has 18 heavy (non-hydrogen) atoms. The van der Waals surface area contributed by atoms with Gasteiger partial charge in [0.25, 0.3) is 0 Å². The Bertz CT molecular complexity index is 434. The van der Waals surface area contributed by atoms with E-state index in [-0.39, 0.29) is 5.91 Å². The lowest BCUT2D eigenvalue weighted by Gasteiger charge is -2.10. The van der Waals surface area contributed by atoms with Gasteiger partial charge in [0.2, 0.25) is 5.91 Å². The molecule has 1 aromatic carbocycles. The van der Waals surface area contributed by atoms with Crippen LogP contribution in [0.3, 0.4) is 0 Å². The van der Waals surface area contributed by atoms with E-state index in [2.05, 4.69) is 17.4 Å². The normalized spacial score (nSPS) is 14.1. The van der Waals surface area contributed by atoms with Crippen molar-refractivity contribution in [1.82, 2.24) is 5.32 Å². The number of benzene rings is 1. The van der Waals surface area contributed by atoms with Gasteiger partial charge >= 0.3 is 0 Å². The highest BCUT2D eigenvalue weighted by Gasteiger charge is 2.23. The molecule has 2 rings (SSSR count). The van der Waals surface area contributed by atoms with E-state index in [0.29, 0.717) is 12.3 Å². The lowest BCUT2D eigenvalue weighted by atomic mass is 10.1. The first-order valence-corrected chi connectivity index (χ1v) is 6.91. The second-order valence-corrected chi connectivity index (χ2v) is 5.01. The second kappa shape index (κ2) is 6.21. The van der Waals surface area contributed by atoms with E-state index in [1.807, 2.05) is 13.1 Å². The van der Waals surface area contributed by atoms with Gasteiger partial charge in [-0.1, -0.05) is 12.1 Å². The molecule has 1 heterocycles. The number of likely N-dealkylation sites (N-methyl/N-ethyl adjacent to an activating group) is 1. The Morgan fingerprint density at radius 3 is 3.00 bits per heavy atom. The Morgan fingerprint density at radius 1 is 1.39 bits per heavy atom. The van der Waals surface area contributed by atoms with Gasteiger partial charge in [-0.3, -0.25) is 4.79 Å². The van der Waals surface area contributed by atoms with Crippen molar-refractivity contribution in [3.8, 4) is 0 Å². The Labute approximate surface area is 113 Å². The van der Waals surface area contributed by atoms with Crippen molar-refractivity contribution in [1.29, 1.82) is 0 Å². The molecular weight excluding hydrogens is 248 g/mol. The van der Waals surface area contributed by atoms with Gasteiger partial charge in [0.1, 0.15) is 0 Å². The highest BCUT2D eigenvalue weighted by Crippen LogP contribution is 2.28. The zero-order valence-electron chi connectivity index (χ0n) is 10.7. The van der Waals surface area contributed by atoms with Crippen molar-refractivity contribution >= 4 is 23.2 Å². The molecule has 3 nitrogen and oxygen atoms in total. The van der Waals surface area contributed by atoms with Crippen LogP contribution in [0.15, 0.2) is 18.2 Å². The number of amides is 1. The number of carbonyl (C=O) groups is 1. The highest BCUT2D eigenvalue weighted by molar-refractivity contribution is 6.17. The fourth-order valence-electron chi connectivity index (χ4n) is 2.23. The number of fused-ring (bicyclic) bond motifs is 1. The van der Waals surface area contributed by atoms with Gasteiger partial charge in [-0.25, -0.2) is 0 Å². The third-order valence-electron chi connectivity index (χ3n) is 3.30. The summed E-state index contributed by atoms with van der Waals surface area (Å²) in [7, 11) is 1.83. The Morgan fingerprint density at radius 2 is 2.22 bits per heavy atom. The van der Waals surface area contributed by atoms with Crippen molar-refractivity contribution < 1.29 is 4.79 Å². The molecule has 98 valence electrons. The number of carbonyl (C=O) groups excluding carboxylic acids is 1.